The Morgan fingerprint density at radius 1 is 0.571 bits per heavy atom. The molecule has 0 saturated heterocycles. The highest BCUT2D eigenvalue weighted by molar-refractivity contribution is 7.91. The lowest BCUT2D eigenvalue weighted by atomic mass is 10.4. The molecule has 21 heavy (non-hydrogen) atoms. The number of rotatable bonds is 6. The van der Waals surface area contributed by atoms with Crippen molar-refractivity contribution in [3.05, 3.63) is 18.2 Å². The van der Waals surface area contributed by atoms with Crippen molar-refractivity contribution in [2.45, 2.75) is 14.7 Å². The van der Waals surface area contributed by atoms with E-state index in [-0.39, 0.29) is 0 Å². The molecular weight excluding hydrogens is 342 g/mol. The third-order valence-electron chi connectivity index (χ3n) is 2.59. The summed E-state index contributed by atoms with van der Waals surface area (Å²) in [7, 11) is -8.67. The maximum atomic E-state index is 11.8. The molecule has 1 rings (SSSR count). The van der Waals surface area contributed by atoms with Gasteiger partial charge in [-0.15, -0.1) is 0 Å². The summed E-state index contributed by atoms with van der Waals surface area (Å²) < 4.78 is 76.7. The van der Waals surface area contributed by atoms with Crippen LogP contribution >= 0.6 is 0 Å². The molecule has 0 amide bonds. The molecule has 0 bridgehead atoms. The van der Waals surface area contributed by atoms with E-state index in [1.54, 1.807) is 0 Å². The maximum Gasteiger partial charge on any atom is 0.240 e. The van der Waals surface area contributed by atoms with Gasteiger partial charge in [0.25, 0.3) is 0 Å². The zero-order chi connectivity index (χ0) is 16.5. The minimum Gasteiger partial charge on any atom is -0.214 e. The van der Waals surface area contributed by atoms with Crippen molar-refractivity contribution in [2.24, 2.45) is 0 Å². The molecule has 0 fully saturated rings. The molecule has 0 aliphatic heterocycles. The number of nitrogens with one attached hydrogen (secondary N) is 3. The van der Waals surface area contributed by atoms with Gasteiger partial charge in [0.2, 0.25) is 30.1 Å². The van der Waals surface area contributed by atoms with Gasteiger partial charge in [-0.05, 0) is 39.3 Å². The summed E-state index contributed by atoms with van der Waals surface area (Å²) in [6, 6.07) is 2.60. The third kappa shape index (κ3) is 3.78. The zero-order valence-electron chi connectivity index (χ0n) is 11.4. The lowest BCUT2D eigenvalue weighted by molar-refractivity contribution is 0.583. The van der Waals surface area contributed by atoms with Gasteiger partial charge >= 0.3 is 0 Å². The molecule has 0 saturated carbocycles. The largest absolute Gasteiger partial charge is 0.240 e. The molecule has 12 heteroatoms. The van der Waals surface area contributed by atoms with Crippen LogP contribution in [0.4, 0.5) is 0 Å². The monoisotopic (exact) mass is 357 g/mol. The van der Waals surface area contributed by atoms with Crippen LogP contribution in [-0.4, -0.2) is 46.4 Å². The molecule has 0 aliphatic rings. The second kappa shape index (κ2) is 5.98. The quantitative estimate of drug-likeness (QED) is 0.561. The van der Waals surface area contributed by atoms with Crippen LogP contribution in [-0.2, 0) is 30.1 Å². The highest BCUT2D eigenvalue weighted by Gasteiger charge is 2.23. The van der Waals surface area contributed by atoms with Gasteiger partial charge in [0, 0.05) is 0 Å². The SMILES string of the molecule is CNS(=O)(=O)c1cc(S(=O)(=O)NC)cc(S(=O)(=O)NC)c1. The van der Waals surface area contributed by atoms with Gasteiger partial charge in [0.15, 0.2) is 0 Å². The summed E-state index contributed by atoms with van der Waals surface area (Å²) in [5.41, 5.74) is 0. The van der Waals surface area contributed by atoms with Crippen LogP contribution in [0, 0.1) is 0 Å². The van der Waals surface area contributed by atoms with Gasteiger partial charge in [-0.25, -0.2) is 39.4 Å². The standard InChI is InChI=1S/C9H15N3O6S3/c1-10-19(13,14)7-4-8(20(15,16)11-2)6-9(5-7)21(17,18)12-3/h4-6,10-12H,1-3H3. The van der Waals surface area contributed by atoms with E-state index in [2.05, 4.69) is 0 Å². The van der Waals surface area contributed by atoms with Crippen LogP contribution in [0.25, 0.3) is 0 Å². The van der Waals surface area contributed by atoms with Crippen LogP contribution in [0.3, 0.4) is 0 Å². The Hall–Kier alpha value is -1.05. The van der Waals surface area contributed by atoms with E-state index in [0.29, 0.717) is 0 Å². The van der Waals surface area contributed by atoms with E-state index < -0.39 is 44.8 Å². The molecule has 9 nitrogen and oxygen atoms in total. The number of benzene rings is 1. The van der Waals surface area contributed by atoms with Crippen LogP contribution in [0.2, 0.25) is 0 Å². The summed E-state index contributed by atoms with van der Waals surface area (Å²) in [5, 5.41) is 0. The Labute approximate surface area is 123 Å². The summed E-state index contributed by atoms with van der Waals surface area (Å²) in [5.74, 6) is 0. The van der Waals surface area contributed by atoms with E-state index in [4.69, 9.17) is 0 Å². The van der Waals surface area contributed by atoms with Crippen LogP contribution in [0.5, 0.6) is 0 Å². The fourth-order valence-electron chi connectivity index (χ4n) is 1.36. The van der Waals surface area contributed by atoms with Crippen molar-refractivity contribution in [3.8, 4) is 0 Å². The lowest BCUT2D eigenvalue weighted by Crippen LogP contribution is -2.24. The molecule has 0 heterocycles. The molecular formula is C9H15N3O6S3. The van der Waals surface area contributed by atoms with E-state index >= 15 is 0 Å². The Morgan fingerprint density at radius 3 is 0.905 bits per heavy atom. The van der Waals surface area contributed by atoms with Crippen molar-refractivity contribution < 1.29 is 25.3 Å². The highest BCUT2D eigenvalue weighted by atomic mass is 32.2. The van der Waals surface area contributed by atoms with Crippen LogP contribution in [0.15, 0.2) is 32.9 Å². The Balaban J connectivity index is 3.80. The zero-order valence-corrected chi connectivity index (χ0v) is 13.9. The Morgan fingerprint density at radius 2 is 0.762 bits per heavy atom. The Bertz CT molecular complexity index is 716. The van der Waals surface area contributed by atoms with Crippen molar-refractivity contribution in [1.29, 1.82) is 0 Å². The number of sulfonamides is 3. The molecule has 0 unspecified atom stereocenters. The van der Waals surface area contributed by atoms with Gasteiger partial charge in [0.1, 0.15) is 0 Å². The van der Waals surface area contributed by atoms with E-state index in [0.717, 1.165) is 39.3 Å². The van der Waals surface area contributed by atoms with Gasteiger partial charge in [0.05, 0.1) is 14.7 Å². The second-order valence-corrected chi connectivity index (χ2v) is 9.42. The highest BCUT2D eigenvalue weighted by Crippen LogP contribution is 2.21. The maximum absolute atomic E-state index is 11.8. The van der Waals surface area contributed by atoms with Gasteiger partial charge in [-0.2, -0.15) is 0 Å². The van der Waals surface area contributed by atoms with Gasteiger partial charge in [-0.1, -0.05) is 0 Å². The van der Waals surface area contributed by atoms with Crippen molar-refractivity contribution in [1.82, 2.24) is 14.2 Å². The summed E-state index contributed by atoms with van der Waals surface area (Å²) in [6.45, 7) is 0. The molecule has 120 valence electrons. The predicted molar refractivity (Wildman–Crippen MR) is 75.2 cm³/mol. The third-order valence-corrected chi connectivity index (χ3v) is 6.77. The van der Waals surface area contributed by atoms with E-state index in [9.17, 15) is 25.3 Å². The first-order valence-corrected chi connectivity index (χ1v) is 9.91. The normalized spacial score (nSPS) is 13.3. The number of hydrogen-bond donors (Lipinski definition) is 3. The molecule has 0 aromatic heterocycles. The number of hydrogen-bond acceptors (Lipinski definition) is 6. The van der Waals surface area contributed by atoms with Crippen molar-refractivity contribution >= 4 is 30.1 Å². The average molecular weight is 357 g/mol. The molecule has 0 aliphatic carbocycles. The molecule has 3 N–H and O–H groups in total. The summed E-state index contributed by atoms with van der Waals surface area (Å²) in [4.78, 5) is -1.43. The minimum absolute atomic E-state index is 0.477. The van der Waals surface area contributed by atoms with Crippen molar-refractivity contribution in [3.63, 3.8) is 0 Å². The molecule has 0 radical (unpaired) electrons. The van der Waals surface area contributed by atoms with E-state index in [1.165, 1.54) is 0 Å². The first kappa shape index (κ1) is 18.0. The Kier molecular flexibility index (Phi) is 5.13. The fraction of sp³-hybridized carbons (Fsp3) is 0.333. The second-order valence-electron chi connectivity index (χ2n) is 3.76. The topological polar surface area (TPSA) is 139 Å². The fourth-order valence-corrected chi connectivity index (χ4v) is 3.99. The molecule has 1 aromatic rings. The first-order chi connectivity index (χ1) is 9.50. The summed E-state index contributed by atoms with van der Waals surface area (Å²) >= 11 is 0. The smallest absolute Gasteiger partial charge is 0.214 e. The minimum atomic E-state index is -4.01. The van der Waals surface area contributed by atoms with Crippen LogP contribution in [0.1, 0.15) is 0 Å². The lowest BCUT2D eigenvalue weighted by Gasteiger charge is -2.10. The van der Waals surface area contributed by atoms with Crippen molar-refractivity contribution in [2.75, 3.05) is 21.1 Å². The van der Waals surface area contributed by atoms with Gasteiger partial charge in [-0.3, -0.25) is 0 Å². The molecule has 0 spiro atoms. The average Bonchev–Trinajstić information content (AvgIpc) is 2.46. The summed E-state index contributed by atoms with van der Waals surface area (Å²) in [6.07, 6.45) is 0. The first-order valence-electron chi connectivity index (χ1n) is 5.46. The molecule has 0 atom stereocenters. The van der Waals surface area contributed by atoms with Gasteiger partial charge < -0.3 is 0 Å². The van der Waals surface area contributed by atoms with Crippen LogP contribution < -0.4 is 14.2 Å². The molecule has 1 aromatic carbocycles. The van der Waals surface area contributed by atoms with E-state index in [1.807, 2.05) is 14.2 Å². The predicted octanol–water partition coefficient (Wildman–Crippen LogP) is -1.59.